The van der Waals surface area contributed by atoms with Crippen molar-refractivity contribution in [3.8, 4) is 0 Å². The molecule has 0 aromatic carbocycles. The molecule has 0 saturated heterocycles. The lowest BCUT2D eigenvalue weighted by atomic mass is 10.2. The molecule has 0 aliphatic heterocycles. The summed E-state index contributed by atoms with van der Waals surface area (Å²) in [5.74, 6) is 0.552. The van der Waals surface area contributed by atoms with Crippen LogP contribution in [0.2, 0.25) is 0 Å². The second-order valence-corrected chi connectivity index (χ2v) is 5.45. The third kappa shape index (κ3) is 5.30. The van der Waals surface area contributed by atoms with E-state index in [1.54, 1.807) is 13.8 Å². The molecule has 0 unspecified atom stereocenters. The van der Waals surface area contributed by atoms with E-state index in [0.717, 1.165) is 0 Å². The molecule has 0 radical (unpaired) electrons. The molecular formula is C16H22N8O2. The fraction of sp³-hybridized carbons (Fsp3) is 0.312. The number of aromatic nitrogens is 4. The summed E-state index contributed by atoms with van der Waals surface area (Å²) in [6.07, 6.45) is 2.42. The van der Waals surface area contributed by atoms with Crippen LogP contribution in [0.1, 0.15) is 31.7 Å². The summed E-state index contributed by atoms with van der Waals surface area (Å²) in [4.78, 5) is 36.4. The van der Waals surface area contributed by atoms with Gasteiger partial charge >= 0.3 is 0 Å². The van der Waals surface area contributed by atoms with Crippen molar-refractivity contribution in [2.45, 2.75) is 34.1 Å². The Hall–Kier alpha value is -3.43. The molecule has 0 amide bonds. The lowest BCUT2D eigenvalue weighted by Gasteiger charge is -2.14. The van der Waals surface area contributed by atoms with E-state index in [1.807, 2.05) is 19.9 Å². The predicted molar refractivity (Wildman–Crippen MR) is 101 cm³/mol. The van der Waals surface area contributed by atoms with Crippen molar-refractivity contribution in [2.75, 3.05) is 10.9 Å². The van der Waals surface area contributed by atoms with Gasteiger partial charge in [-0.2, -0.15) is 5.10 Å². The number of hydrogen-bond acceptors (Lipinski definition) is 8. The molecule has 2 rings (SSSR count). The number of anilines is 2. The topological polar surface area (TPSA) is 140 Å². The average molecular weight is 358 g/mol. The van der Waals surface area contributed by atoms with E-state index >= 15 is 0 Å². The number of hydrazone groups is 1. The summed E-state index contributed by atoms with van der Waals surface area (Å²) in [6, 6.07) is 2.80. The van der Waals surface area contributed by atoms with Gasteiger partial charge in [0.05, 0.1) is 11.4 Å². The van der Waals surface area contributed by atoms with Crippen LogP contribution >= 0.6 is 0 Å². The van der Waals surface area contributed by atoms with Crippen molar-refractivity contribution < 1.29 is 0 Å². The molecular weight excluding hydrogens is 336 g/mol. The highest BCUT2D eigenvalue weighted by atomic mass is 16.1. The number of hydrogen-bond donors (Lipinski definition) is 5. The Labute approximate surface area is 149 Å². The minimum atomic E-state index is -0.256. The van der Waals surface area contributed by atoms with Crippen LogP contribution in [0, 0.1) is 13.8 Å². The Kier molecular flexibility index (Phi) is 6.25. The molecule has 0 saturated carbocycles. The molecule has 0 fully saturated rings. The molecule has 2 aromatic rings. The molecule has 5 N–H and O–H groups in total. The van der Waals surface area contributed by atoms with Crippen molar-refractivity contribution in [3.63, 3.8) is 0 Å². The fourth-order valence-electron chi connectivity index (χ4n) is 2.16. The maximum Gasteiger partial charge on any atom is 0.252 e. The van der Waals surface area contributed by atoms with E-state index in [0.29, 0.717) is 35.2 Å². The fourth-order valence-corrected chi connectivity index (χ4v) is 2.16. The largest absolute Gasteiger partial charge is 0.297 e. The Morgan fingerprint density at radius 2 is 1.69 bits per heavy atom. The summed E-state index contributed by atoms with van der Waals surface area (Å²) < 4.78 is 0. The summed E-state index contributed by atoms with van der Waals surface area (Å²) in [5, 5.41) is 4.28. The molecule has 10 nitrogen and oxygen atoms in total. The third-order valence-corrected chi connectivity index (χ3v) is 3.29. The molecule has 2 heterocycles. The van der Waals surface area contributed by atoms with Gasteiger partial charge in [0.2, 0.25) is 11.9 Å². The zero-order valence-electron chi connectivity index (χ0n) is 15.1. The highest BCUT2D eigenvalue weighted by Gasteiger charge is 2.06. The van der Waals surface area contributed by atoms with Crippen molar-refractivity contribution >= 4 is 17.6 Å². The van der Waals surface area contributed by atoms with Gasteiger partial charge in [0.15, 0.2) is 0 Å². The lowest BCUT2D eigenvalue weighted by Crippen LogP contribution is -2.29. The minimum Gasteiger partial charge on any atom is -0.297 e. The Balaban J connectivity index is 2.12. The van der Waals surface area contributed by atoms with Gasteiger partial charge in [-0.25, -0.2) is 15.4 Å². The van der Waals surface area contributed by atoms with Crippen LogP contribution in [0.15, 0.2) is 38.6 Å². The quantitative estimate of drug-likeness (QED) is 0.370. The van der Waals surface area contributed by atoms with E-state index in [-0.39, 0.29) is 17.1 Å². The van der Waals surface area contributed by atoms with Crippen LogP contribution in [0.25, 0.3) is 0 Å². The van der Waals surface area contributed by atoms with Crippen LogP contribution in [0.3, 0.4) is 0 Å². The molecule has 0 aliphatic carbocycles. The Morgan fingerprint density at radius 3 is 2.23 bits per heavy atom. The van der Waals surface area contributed by atoms with Crippen LogP contribution < -0.4 is 27.4 Å². The van der Waals surface area contributed by atoms with E-state index in [2.05, 4.69) is 41.3 Å². The Bertz CT molecular complexity index is 942. The van der Waals surface area contributed by atoms with E-state index < -0.39 is 0 Å². The molecule has 0 aliphatic rings. The second-order valence-electron chi connectivity index (χ2n) is 5.45. The van der Waals surface area contributed by atoms with Crippen LogP contribution in [0.4, 0.5) is 11.9 Å². The highest BCUT2D eigenvalue weighted by molar-refractivity contribution is 5.99. The third-order valence-electron chi connectivity index (χ3n) is 3.29. The van der Waals surface area contributed by atoms with Crippen molar-refractivity contribution in [2.24, 2.45) is 5.10 Å². The van der Waals surface area contributed by atoms with Gasteiger partial charge in [-0.05, 0) is 27.2 Å². The number of nitrogens with zero attached hydrogens (tertiary/aromatic N) is 3. The number of allylic oxidation sites excluding steroid dienone is 2. The molecule has 0 spiro atoms. The van der Waals surface area contributed by atoms with Gasteiger partial charge in [0.1, 0.15) is 0 Å². The summed E-state index contributed by atoms with van der Waals surface area (Å²) in [5.41, 5.74) is 10.6. The Morgan fingerprint density at radius 1 is 1.12 bits per heavy atom. The first kappa shape index (κ1) is 18.9. The van der Waals surface area contributed by atoms with E-state index in [9.17, 15) is 9.59 Å². The van der Waals surface area contributed by atoms with Crippen LogP contribution in [-0.2, 0) is 0 Å². The van der Waals surface area contributed by atoms with Gasteiger partial charge in [0.25, 0.3) is 11.1 Å². The van der Waals surface area contributed by atoms with Gasteiger partial charge in [-0.3, -0.25) is 30.4 Å². The lowest BCUT2D eigenvalue weighted by molar-refractivity contribution is 0.930. The first-order valence-electron chi connectivity index (χ1n) is 8.08. The van der Waals surface area contributed by atoms with Gasteiger partial charge in [-0.1, -0.05) is 13.0 Å². The van der Waals surface area contributed by atoms with Crippen molar-refractivity contribution in [1.29, 1.82) is 0 Å². The first-order chi connectivity index (χ1) is 12.4. The maximum absolute atomic E-state index is 11.5. The number of hydrazine groups is 1. The van der Waals surface area contributed by atoms with Gasteiger partial charge in [-0.15, -0.1) is 0 Å². The van der Waals surface area contributed by atoms with Crippen molar-refractivity contribution in [1.82, 2.24) is 25.4 Å². The number of nitrogens with one attached hydrogen (secondary N) is 5. The zero-order valence-corrected chi connectivity index (χ0v) is 15.1. The smallest absolute Gasteiger partial charge is 0.252 e. The van der Waals surface area contributed by atoms with Crippen LogP contribution in [-0.4, -0.2) is 25.6 Å². The maximum atomic E-state index is 11.5. The molecule has 0 atom stereocenters. The number of rotatable bonds is 7. The van der Waals surface area contributed by atoms with E-state index in [1.165, 1.54) is 12.1 Å². The van der Waals surface area contributed by atoms with Gasteiger partial charge in [0, 0.05) is 23.5 Å². The standard InChI is InChI=1S/C16H22N8O2/c1-5-11(21-23-15-17-9(3)7-13(25)19-15)12(6-2)22-24-16-18-10(4)8-14(26)20-16/h5,7-8,21H,6H2,1-4H3,(H2,17,19,23,25)(H2,18,20,24,26)/b11-5+,22-12+. The predicted octanol–water partition coefficient (Wildman–Crippen LogP) is 1.17. The normalized spacial score (nSPS) is 12.0. The summed E-state index contributed by atoms with van der Waals surface area (Å²) in [6.45, 7) is 7.23. The van der Waals surface area contributed by atoms with Gasteiger partial charge < -0.3 is 0 Å². The molecule has 2 aromatic heterocycles. The average Bonchev–Trinajstić information content (AvgIpc) is 2.56. The van der Waals surface area contributed by atoms with Crippen molar-refractivity contribution in [3.05, 3.63) is 56.0 Å². The first-order valence-corrected chi connectivity index (χ1v) is 8.08. The minimum absolute atomic E-state index is 0.246. The number of H-pyrrole nitrogens is 2. The monoisotopic (exact) mass is 358 g/mol. The molecule has 26 heavy (non-hydrogen) atoms. The SMILES string of the molecule is C/C=C(NNc1nc(C)cc(=O)[nH]1)\C(CC)=N\Nc1nc(C)cc(=O)[nH]1. The molecule has 0 bridgehead atoms. The summed E-state index contributed by atoms with van der Waals surface area (Å²) in [7, 11) is 0. The van der Waals surface area contributed by atoms with Crippen LogP contribution in [0.5, 0.6) is 0 Å². The highest BCUT2D eigenvalue weighted by Crippen LogP contribution is 2.03. The zero-order chi connectivity index (χ0) is 19.1. The number of aryl methyl sites for hydroxylation is 2. The van der Waals surface area contributed by atoms with E-state index in [4.69, 9.17) is 0 Å². The molecule has 138 valence electrons. The second kappa shape index (κ2) is 8.60. The molecule has 10 heteroatoms. The number of aromatic amines is 2. The summed E-state index contributed by atoms with van der Waals surface area (Å²) >= 11 is 0.